The molecule has 0 unspecified atom stereocenters. The zero-order chi connectivity index (χ0) is 11.9. The third kappa shape index (κ3) is 1.84. The fraction of sp³-hybridized carbons (Fsp3) is 0.429. The standard InChI is InChI=1S/C14H18ClN/c1-9(2)13-7-11-5-6-12(15)8-14(11)16(13)10(3)4/h5-10H,1-4H3. The molecule has 16 heavy (non-hydrogen) atoms. The largest absolute Gasteiger partial charge is 0.342 e. The topological polar surface area (TPSA) is 4.93 Å². The lowest BCUT2D eigenvalue weighted by Crippen LogP contribution is -2.06. The molecule has 0 aliphatic carbocycles. The van der Waals surface area contributed by atoms with Crippen molar-refractivity contribution in [3.8, 4) is 0 Å². The number of hydrogen-bond donors (Lipinski definition) is 0. The number of fused-ring (bicyclic) bond motifs is 1. The van der Waals surface area contributed by atoms with Crippen molar-refractivity contribution in [1.29, 1.82) is 0 Å². The van der Waals surface area contributed by atoms with E-state index < -0.39 is 0 Å². The van der Waals surface area contributed by atoms with Crippen LogP contribution in [0.25, 0.3) is 10.9 Å². The molecule has 0 bridgehead atoms. The van der Waals surface area contributed by atoms with Crippen LogP contribution in [0.4, 0.5) is 0 Å². The summed E-state index contributed by atoms with van der Waals surface area (Å²) in [5, 5.41) is 2.09. The van der Waals surface area contributed by atoms with Crippen molar-refractivity contribution in [3.63, 3.8) is 0 Å². The van der Waals surface area contributed by atoms with Crippen LogP contribution < -0.4 is 0 Å². The molecule has 0 radical (unpaired) electrons. The lowest BCUT2D eigenvalue weighted by Gasteiger charge is -2.16. The summed E-state index contributed by atoms with van der Waals surface area (Å²) in [6.07, 6.45) is 0. The number of rotatable bonds is 2. The van der Waals surface area contributed by atoms with E-state index in [0.717, 1.165) is 5.02 Å². The zero-order valence-corrected chi connectivity index (χ0v) is 11.0. The summed E-state index contributed by atoms with van der Waals surface area (Å²) in [6, 6.07) is 8.86. The molecule has 1 aromatic carbocycles. The van der Waals surface area contributed by atoms with Crippen molar-refractivity contribution in [2.75, 3.05) is 0 Å². The molecule has 0 fully saturated rings. The number of nitrogens with zero attached hydrogens (tertiary/aromatic N) is 1. The first-order valence-corrected chi connectivity index (χ1v) is 6.19. The monoisotopic (exact) mass is 235 g/mol. The van der Waals surface area contributed by atoms with Crippen molar-refractivity contribution in [3.05, 3.63) is 35.0 Å². The van der Waals surface area contributed by atoms with E-state index in [2.05, 4.69) is 50.5 Å². The highest BCUT2D eigenvalue weighted by atomic mass is 35.5. The number of halogens is 1. The van der Waals surface area contributed by atoms with Crippen LogP contribution in [0.2, 0.25) is 5.02 Å². The molecule has 1 nitrogen and oxygen atoms in total. The van der Waals surface area contributed by atoms with Crippen molar-refractivity contribution in [2.45, 2.75) is 39.7 Å². The van der Waals surface area contributed by atoms with Gasteiger partial charge in [-0.25, -0.2) is 0 Å². The van der Waals surface area contributed by atoms with Gasteiger partial charge in [0.1, 0.15) is 0 Å². The molecule has 2 heteroatoms. The molecule has 2 aromatic rings. The summed E-state index contributed by atoms with van der Waals surface area (Å²) < 4.78 is 2.38. The van der Waals surface area contributed by atoms with Gasteiger partial charge in [-0.05, 0) is 43.4 Å². The number of benzene rings is 1. The van der Waals surface area contributed by atoms with Gasteiger partial charge in [-0.3, -0.25) is 0 Å². The Kier molecular flexibility index (Phi) is 2.98. The molecule has 0 saturated carbocycles. The molecule has 1 heterocycles. The Labute approximate surface area is 102 Å². The summed E-state index contributed by atoms with van der Waals surface area (Å²) in [7, 11) is 0. The highest BCUT2D eigenvalue weighted by Gasteiger charge is 2.13. The smallest absolute Gasteiger partial charge is 0.0499 e. The Morgan fingerprint density at radius 3 is 2.31 bits per heavy atom. The van der Waals surface area contributed by atoms with Gasteiger partial charge in [-0.15, -0.1) is 0 Å². The number of aromatic nitrogens is 1. The molecule has 0 amide bonds. The Hall–Kier alpha value is -0.950. The Morgan fingerprint density at radius 1 is 1.06 bits per heavy atom. The maximum Gasteiger partial charge on any atom is 0.0499 e. The van der Waals surface area contributed by atoms with E-state index in [-0.39, 0.29) is 0 Å². The van der Waals surface area contributed by atoms with Crippen LogP contribution in [0.15, 0.2) is 24.3 Å². The van der Waals surface area contributed by atoms with Crippen LogP contribution in [-0.2, 0) is 0 Å². The van der Waals surface area contributed by atoms with Crippen molar-refractivity contribution in [1.82, 2.24) is 4.57 Å². The van der Waals surface area contributed by atoms with Crippen LogP contribution in [-0.4, -0.2) is 4.57 Å². The van der Waals surface area contributed by atoms with E-state index in [0.29, 0.717) is 12.0 Å². The summed E-state index contributed by atoms with van der Waals surface area (Å²) in [4.78, 5) is 0. The maximum absolute atomic E-state index is 6.07. The molecule has 0 aliphatic rings. The van der Waals surface area contributed by atoms with Crippen LogP contribution in [0, 0.1) is 0 Å². The van der Waals surface area contributed by atoms with Crippen LogP contribution in [0.3, 0.4) is 0 Å². The second-order valence-electron chi connectivity index (χ2n) is 4.89. The van der Waals surface area contributed by atoms with E-state index in [1.807, 2.05) is 6.07 Å². The lowest BCUT2D eigenvalue weighted by atomic mass is 10.1. The van der Waals surface area contributed by atoms with Gasteiger partial charge in [-0.1, -0.05) is 31.5 Å². The van der Waals surface area contributed by atoms with Crippen molar-refractivity contribution in [2.24, 2.45) is 0 Å². The zero-order valence-electron chi connectivity index (χ0n) is 10.3. The van der Waals surface area contributed by atoms with Crippen LogP contribution >= 0.6 is 11.6 Å². The average molecular weight is 236 g/mol. The lowest BCUT2D eigenvalue weighted by molar-refractivity contribution is 0.577. The molecule has 0 saturated heterocycles. The van der Waals surface area contributed by atoms with E-state index >= 15 is 0 Å². The summed E-state index contributed by atoms with van der Waals surface area (Å²) in [5.41, 5.74) is 2.62. The average Bonchev–Trinajstić information content (AvgIpc) is 2.55. The summed E-state index contributed by atoms with van der Waals surface area (Å²) in [5.74, 6) is 0.536. The van der Waals surface area contributed by atoms with E-state index in [1.54, 1.807) is 0 Å². The molecule has 0 atom stereocenters. The minimum absolute atomic E-state index is 0.466. The first kappa shape index (κ1) is 11.5. The minimum atomic E-state index is 0.466. The van der Waals surface area contributed by atoms with E-state index in [1.165, 1.54) is 16.6 Å². The highest BCUT2D eigenvalue weighted by Crippen LogP contribution is 2.30. The molecule has 1 aromatic heterocycles. The molecule has 2 rings (SSSR count). The SMILES string of the molecule is CC(C)c1cc2ccc(Cl)cc2n1C(C)C. The second kappa shape index (κ2) is 4.14. The predicted octanol–water partition coefficient (Wildman–Crippen LogP) is 5.00. The maximum atomic E-state index is 6.07. The Bertz CT molecular complexity index is 509. The first-order chi connectivity index (χ1) is 7.50. The van der Waals surface area contributed by atoms with Gasteiger partial charge in [0.25, 0.3) is 0 Å². The van der Waals surface area contributed by atoms with E-state index in [4.69, 9.17) is 11.6 Å². The fourth-order valence-electron chi connectivity index (χ4n) is 2.24. The Balaban J connectivity index is 2.77. The van der Waals surface area contributed by atoms with Gasteiger partial charge in [0, 0.05) is 22.3 Å². The molecular weight excluding hydrogens is 218 g/mol. The Morgan fingerprint density at radius 2 is 1.75 bits per heavy atom. The van der Waals surface area contributed by atoms with Gasteiger partial charge >= 0.3 is 0 Å². The third-order valence-electron chi connectivity index (χ3n) is 2.94. The van der Waals surface area contributed by atoms with Gasteiger partial charge in [0.2, 0.25) is 0 Å². The number of hydrogen-bond acceptors (Lipinski definition) is 0. The van der Waals surface area contributed by atoms with Gasteiger partial charge in [0.15, 0.2) is 0 Å². The highest BCUT2D eigenvalue weighted by molar-refractivity contribution is 6.31. The van der Waals surface area contributed by atoms with E-state index in [9.17, 15) is 0 Å². The normalized spacial score (nSPS) is 11.9. The fourth-order valence-corrected chi connectivity index (χ4v) is 2.40. The third-order valence-corrected chi connectivity index (χ3v) is 3.18. The molecule has 0 spiro atoms. The van der Waals surface area contributed by atoms with Gasteiger partial charge < -0.3 is 4.57 Å². The van der Waals surface area contributed by atoms with Crippen LogP contribution in [0.1, 0.15) is 45.3 Å². The van der Waals surface area contributed by atoms with Crippen molar-refractivity contribution >= 4 is 22.5 Å². The summed E-state index contributed by atoms with van der Waals surface area (Å²) in [6.45, 7) is 8.89. The van der Waals surface area contributed by atoms with Gasteiger partial charge in [-0.2, -0.15) is 0 Å². The van der Waals surface area contributed by atoms with Crippen LogP contribution in [0.5, 0.6) is 0 Å². The van der Waals surface area contributed by atoms with Gasteiger partial charge in [0.05, 0.1) is 0 Å². The second-order valence-corrected chi connectivity index (χ2v) is 5.33. The minimum Gasteiger partial charge on any atom is -0.342 e. The molecule has 0 aliphatic heterocycles. The molecule has 0 N–H and O–H groups in total. The quantitative estimate of drug-likeness (QED) is 0.691. The molecule has 86 valence electrons. The summed E-state index contributed by atoms with van der Waals surface area (Å²) >= 11 is 6.07. The van der Waals surface area contributed by atoms with Crippen molar-refractivity contribution < 1.29 is 0 Å². The molecular formula is C14H18ClN. The first-order valence-electron chi connectivity index (χ1n) is 5.81. The predicted molar refractivity (Wildman–Crippen MR) is 71.4 cm³/mol.